The second-order valence-electron chi connectivity index (χ2n) is 5.94. The van der Waals surface area contributed by atoms with E-state index in [2.05, 4.69) is 24.3 Å². The minimum atomic E-state index is 0.183. The van der Waals surface area contributed by atoms with Gasteiger partial charge in [-0.1, -0.05) is 24.3 Å². The lowest BCUT2D eigenvalue weighted by atomic mass is 9.92. The number of benzene rings is 2. The molecule has 4 rings (SSSR count). The Morgan fingerprint density at radius 3 is 2.60 bits per heavy atom. The number of ketones is 1. The molecule has 1 saturated carbocycles. The third-order valence-electron chi connectivity index (χ3n) is 4.83. The summed E-state index contributed by atoms with van der Waals surface area (Å²) in [6, 6.07) is 15.9. The highest BCUT2D eigenvalue weighted by molar-refractivity contribution is 6.01. The van der Waals surface area contributed by atoms with E-state index in [1.165, 1.54) is 11.1 Å². The number of hydrogen-bond acceptors (Lipinski definition) is 2. The van der Waals surface area contributed by atoms with Gasteiger partial charge in [0.15, 0.2) is 5.78 Å². The summed E-state index contributed by atoms with van der Waals surface area (Å²) >= 11 is 0. The van der Waals surface area contributed by atoms with Crippen molar-refractivity contribution in [2.24, 2.45) is 11.8 Å². The number of nitrogen functional groups attached to an aromatic ring is 1. The van der Waals surface area contributed by atoms with E-state index in [1.54, 1.807) is 0 Å². The molecule has 2 aliphatic rings. The first-order valence-electron chi connectivity index (χ1n) is 7.23. The van der Waals surface area contributed by atoms with E-state index in [9.17, 15) is 4.79 Å². The SMILES string of the molecule is Nc1ccc(C(=O)C2C3CCc4ccccc4C32)cc1. The van der Waals surface area contributed by atoms with Crippen molar-refractivity contribution in [2.75, 3.05) is 5.73 Å². The Balaban J connectivity index is 1.64. The highest BCUT2D eigenvalue weighted by Crippen LogP contribution is 2.60. The fraction of sp³-hybridized carbons (Fsp3) is 0.278. The first kappa shape index (κ1) is 11.7. The van der Waals surface area contributed by atoms with Crippen molar-refractivity contribution in [1.29, 1.82) is 0 Å². The van der Waals surface area contributed by atoms with Crippen molar-refractivity contribution < 1.29 is 4.79 Å². The standard InChI is InChI=1S/C18H17NO/c19-13-8-5-12(6-9-13)18(20)17-15-10-7-11-3-1-2-4-14(11)16(15)17/h1-6,8-9,15-17H,7,10,19H2. The average Bonchev–Trinajstić information content (AvgIpc) is 3.22. The summed E-state index contributed by atoms with van der Waals surface area (Å²) in [7, 11) is 0. The van der Waals surface area contributed by atoms with Crippen LogP contribution < -0.4 is 5.73 Å². The lowest BCUT2D eigenvalue weighted by Gasteiger charge is -2.13. The van der Waals surface area contributed by atoms with E-state index < -0.39 is 0 Å². The van der Waals surface area contributed by atoms with E-state index in [-0.39, 0.29) is 11.7 Å². The number of fused-ring (bicyclic) bond motifs is 3. The molecule has 2 heteroatoms. The number of hydrogen-bond donors (Lipinski definition) is 1. The topological polar surface area (TPSA) is 43.1 Å². The summed E-state index contributed by atoms with van der Waals surface area (Å²) in [6.07, 6.45) is 2.26. The summed E-state index contributed by atoms with van der Waals surface area (Å²) in [5, 5.41) is 0. The molecule has 0 amide bonds. The lowest BCUT2D eigenvalue weighted by molar-refractivity contribution is 0.0959. The fourth-order valence-electron chi connectivity index (χ4n) is 3.76. The van der Waals surface area contributed by atoms with Crippen LogP contribution in [0.5, 0.6) is 0 Å². The van der Waals surface area contributed by atoms with E-state index in [4.69, 9.17) is 5.73 Å². The van der Waals surface area contributed by atoms with E-state index in [1.807, 2.05) is 24.3 Å². The molecule has 0 saturated heterocycles. The second kappa shape index (κ2) is 4.20. The van der Waals surface area contributed by atoms with Crippen LogP contribution in [0.15, 0.2) is 48.5 Å². The lowest BCUT2D eigenvalue weighted by Crippen LogP contribution is -2.04. The maximum Gasteiger partial charge on any atom is 0.166 e. The van der Waals surface area contributed by atoms with Crippen LogP contribution in [-0.2, 0) is 6.42 Å². The number of anilines is 1. The van der Waals surface area contributed by atoms with Crippen LogP contribution in [0.3, 0.4) is 0 Å². The summed E-state index contributed by atoms with van der Waals surface area (Å²) in [5.41, 5.74) is 10.0. The molecule has 0 radical (unpaired) electrons. The monoisotopic (exact) mass is 263 g/mol. The van der Waals surface area contributed by atoms with E-state index in [0.29, 0.717) is 17.5 Å². The van der Waals surface area contributed by atoms with Gasteiger partial charge in [-0.05, 0) is 60.1 Å². The minimum Gasteiger partial charge on any atom is -0.399 e. The van der Waals surface area contributed by atoms with Crippen LogP contribution in [0.25, 0.3) is 0 Å². The molecule has 2 aliphatic carbocycles. The Morgan fingerprint density at radius 2 is 1.80 bits per heavy atom. The number of carbonyl (C=O) groups excluding carboxylic acids is 1. The highest BCUT2D eigenvalue weighted by Gasteiger charge is 2.56. The zero-order valence-electron chi connectivity index (χ0n) is 11.3. The van der Waals surface area contributed by atoms with E-state index in [0.717, 1.165) is 18.4 Å². The van der Waals surface area contributed by atoms with E-state index >= 15 is 0 Å². The van der Waals surface area contributed by atoms with Gasteiger partial charge in [0, 0.05) is 17.2 Å². The summed E-state index contributed by atoms with van der Waals surface area (Å²) in [6.45, 7) is 0. The third-order valence-corrected chi connectivity index (χ3v) is 4.83. The maximum absolute atomic E-state index is 12.7. The Morgan fingerprint density at radius 1 is 1.05 bits per heavy atom. The van der Waals surface area contributed by atoms with Crippen LogP contribution in [-0.4, -0.2) is 5.78 Å². The Bertz CT molecular complexity index is 674. The van der Waals surface area contributed by atoms with Crippen molar-refractivity contribution in [3.8, 4) is 0 Å². The molecule has 0 heterocycles. The van der Waals surface area contributed by atoms with Gasteiger partial charge in [0.1, 0.15) is 0 Å². The molecule has 2 aromatic rings. The van der Waals surface area contributed by atoms with Crippen LogP contribution in [0.2, 0.25) is 0 Å². The molecule has 1 fully saturated rings. The number of rotatable bonds is 2. The molecule has 2 nitrogen and oxygen atoms in total. The van der Waals surface area contributed by atoms with Crippen molar-refractivity contribution >= 4 is 11.5 Å². The van der Waals surface area contributed by atoms with Gasteiger partial charge in [-0.15, -0.1) is 0 Å². The van der Waals surface area contributed by atoms with Crippen molar-refractivity contribution in [3.63, 3.8) is 0 Å². The molecule has 0 aliphatic heterocycles. The zero-order valence-corrected chi connectivity index (χ0v) is 11.3. The molecular weight excluding hydrogens is 246 g/mol. The Labute approximate surface area is 118 Å². The second-order valence-corrected chi connectivity index (χ2v) is 5.94. The Hall–Kier alpha value is -2.09. The van der Waals surface area contributed by atoms with Crippen LogP contribution in [0, 0.1) is 11.8 Å². The van der Waals surface area contributed by atoms with Gasteiger partial charge in [0.2, 0.25) is 0 Å². The minimum absolute atomic E-state index is 0.183. The van der Waals surface area contributed by atoms with Gasteiger partial charge in [-0.25, -0.2) is 0 Å². The van der Waals surface area contributed by atoms with Crippen molar-refractivity contribution in [1.82, 2.24) is 0 Å². The molecule has 20 heavy (non-hydrogen) atoms. The molecule has 2 aromatic carbocycles. The van der Waals surface area contributed by atoms with Gasteiger partial charge >= 0.3 is 0 Å². The van der Waals surface area contributed by atoms with Crippen molar-refractivity contribution in [3.05, 3.63) is 65.2 Å². The predicted molar refractivity (Wildman–Crippen MR) is 79.7 cm³/mol. The number of nitrogens with two attached hydrogens (primary N) is 1. The summed E-state index contributed by atoms with van der Waals surface area (Å²) < 4.78 is 0. The summed E-state index contributed by atoms with van der Waals surface area (Å²) in [5.74, 6) is 1.47. The molecular formula is C18H17NO. The van der Waals surface area contributed by atoms with Crippen molar-refractivity contribution in [2.45, 2.75) is 18.8 Å². The number of aryl methyl sites for hydroxylation is 1. The van der Waals surface area contributed by atoms with Gasteiger partial charge < -0.3 is 5.73 Å². The normalized spacial score (nSPS) is 26.5. The first-order chi connectivity index (χ1) is 9.75. The third kappa shape index (κ3) is 1.68. The number of carbonyl (C=O) groups is 1. The zero-order chi connectivity index (χ0) is 13.7. The molecule has 3 atom stereocenters. The predicted octanol–water partition coefficient (Wildman–Crippen LogP) is 3.43. The average molecular weight is 263 g/mol. The first-order valence-corrected chi connectivity index (χ1v) is 7.23. The summed E-state index contributed by atoms with van der Waals surface area (Å²) in [4.78, 5) is 12.7. The van der Waals surface area contributed by atoms with Crippen LogP contribution in [0.4, 0.5) is 5.69 Å². The van der Waals surface area contributed by atoms with Gasteiger partial charge in [0.05, 0.1) is 0 Å². The van der Waals surface area contributed by atoms with Gasteiger partial charge in [0.25, 0.3) is 0 Å². The molecule has 2 N–H and O–H groups in total. The maximum atomic E-state index is 12.7. The van der Waals surface area contributed by atoms with Crippen LogP contribution in [0.1, 0.15) is 33.8 Å². The fourth-order valence-corrected chi connectivity index (χ4v) is 3.76. The molecule has 100 valence electrons. The number of Topliss-reactive ketones (excluding diaryl/α,β-unsaturated/α-hetero) is 1. The van der Waals surface area contributed by atoms with Gasteiger partial charge in [-0.2, -0.15) is 0 Å². The molecule has 3 unspecified atom stereocenters. The quantitative estimate of drug-likeness (QED) is 0.666. The molecule has 0 aromatic heterocycles. The van der Waals surface area contributed by atoms with Gasteiger partial charge in [-0.3, -0.25) is 4.79 Å². The smallest absolute Gasteiger partial charge is 0.166 e. The highest BCUT2D eigenvalue weighted by atomic mass is 16.1. The molecule has 0 bridgehead atoms. The Kier molecular flexibility index (Phi) is 2.46. The van der Waals surface area contributed by atoms with Crippen LogP contribution >= 0.6 is 0 Å². The largest absolute Gasteiger partial charge is 0.399 e. The molecule has 0 spiro atoms.